The van der Waals surface area contributed by atoms with Crippen molar-refractivity contribution in [2.75, 3.05) is 5.32 Å². The fourth-order valence-corrected chi connectivity index (χ4v) is 2.50. The van der Waals surface area contributed by atoms with Gasteiger partial charge in [0.2, 0.25) is 0 Å². The maximum Gasteiger partial charge on any atom is 0.261 e. The van der Waals surface area contributed by atoms with E-state index in [1.165, 1.54) is 18.2 Å². The van der Waals surface area contributed by atoms with Crippen LogP contribution in [0, 0.1) is 12.7 Å². The Morgan fingerprint density at radius 1 is 1.08 bits per heavy atom. The Morgan fingerprint density at radius 3 is 2.44 bits per heavy atom. The number of aromatic nitrogens is 1. The van der Waals surface area contributed by atoms with E-state index >= 15 is 0 Å². The number of H-pyrrole nitrogens is 1. The van der Waals surface area contributed by atoms with E-state index < -0.39 is 11.5 Å². The molecule has 0 aliphatic carbocycles. The number of rotatable bonds is 3. The van der Waals surface area contributed by atoms with Crippen molar-refractivity contribution in [3.63, 3.8) is 0 Å². The van der Waals surface area contributed by atoms with Crippen molar-refractivity contribution in [1.82, 2.24) is 4.98 Å². The molecular weight excluding hydrogens is 343 g/mol. The van der Waals surface area contributed by atoms with Crippen molar-refractivity contribution in [1.29, 1.82) is 0 Å². The number of aromatic amines is 1. The highest BCUT2D eigenvalue weighted by Gasteiger charge is 2.12. The summed E-state index contributed by atoms with van der Waals surface area (Å²) in [6.45, 7) is 1.85. The third kappa shape index (κ3) is 3.78. The fourth-order valence-electron chi connectivity index (χ4n) is 2.32. The predicted molar refractivity (Wildman–Crippen MR) is 96.6 cm³/mol. The maximum atomic E-state index is 13.0. The van der Waals surface area contributed by atoms with Gasteiger partial charge in [-0.15, -0.1) is 0 Å². The molecule has 2 N–H and O–H groups in total. The second kappa shape index (κ2) is 6.91. The van der Waals surface area contributed by atoms with Gasteiger partial charge in [-0.3, -0.25) is 9.59 Å². The fraction of sp³-hybridized carbons (Fsp3) is 0.0526. The van der Waals surface area contributed by atoms with Gasteiger partial charge in [-0.1, -0.05) is 17.7 Å². The van der Waals surface area contributed by atoms with Gasteiger partial charge in [-0.25, -0.2) is 4.39 Å². The van der Waals surface area contributed by atoms with Crippen LogP contribution in [0.3, 0.4) is 0 Å². The monoisotopic (exact) mass is 356 g/mol. The van der Waals surface area contributed by atoms with Crippen LogP contribution in [0.5, 0.6) is 0 Å². The zero-order valence-corrected chi connectivity index (χ0v) is 14.0. The molecule has 0 aliphatic rings. The van der Waals surface area contributed by atoms with Crippen molar-refractivity contribution < 1.29 is 9.18 Å². The summed E-state index contributed by atoms with van der Waals surface area (Å²) in [5, 5.41) is 3.17. The highest BCUT2D eigenvalue weighted by Crippen LogP contribution is 2.20. The summed E-state index contributed by atoms with van der Waals surface area (Å²) in [4.78, 5) is 27.2. The lowest BCUT2D eigenvalue weighted by Gasteiger charge is -2.07. The van der Waals surface area contributed by atoms with Gasteiger partial charge in [0, 0.05) is 16.4 Å². The van der Waals surface area contributed by atoms with Gasteiger partial charge in [0.25, 0.3) is 11.5 Å². The second-order valence-electron chi connectivity index (χ2n) is 5.54. The van der Waals surface area contributed by atoms with Crippen LogP contribution >= 0.6 is 11.6 Å². The summed E-state index contributed by atoms with van der Waals surface area (Å²) in [7, 11) is 0. The van der Waals surface area contributed by atoms with E-state index in [0.717, 1.165) is 5.56 Å². The van der Waals surface area contributed by atoms with E-state index in [0.29, 0.717) is 22.0 Å². The van der Waals surface area contributed by atoms with Crippen LogP contribution in [0.15, 0.2) is 59.4 Å². The minimum atomic E-state index is -0.535. The van der Waals surface area contributed by atoms with Crippen molar-refractivity contribution in [3.8, 4) is 11.3 Å². The van der Waals surface area contributed by atoms with Gasteiger partial charge in [0.05, 0.1) is 0 Å². The van der Waals surface area contributed by atoms with Gasteiger partial charge in [0.15, 0.2) is 0 Å². The van der Waals surface area contributed by atoms with E-state index in [-0.39, 0.29) is 11.4 Å². The number of benzene rings is 2. The Balaban J connectivity index is 1.85. The summed E-state index contributed by atoms with van der Waals surface area (Å²) >= 11 is 6.03. The summed E-state index contributed by atoms with van der Waals surface area (Å²) in [6.07, 6.45) is 0. The molecule has 0 atom stereocenters. The Labute approximate surface area is 148 Å². The summed E-state index contributed by atoms with van der Waals surface area (Å²) in [5.41, 5.74) is 1.99. The minimum absolute atomic E-state index is 0.0254. The number of carbonyl (C=O) groups excluding carboxylic acids is 1. The first-order valence-electron chi connectivity index (χ1n) is 7.51. The second-order valence-corrected chi connectivity index (χ2v) is 5.95. The van der Waals surface area contributed by atoms with E-state index in [9.17, 15) is 14.0 Å². The van der Waals surface area contributed by atoms with Crippen LogP contribution in [-0.2, 0) is 0 Å². The molecule has 1 amide bonds. The summed E-state index contributed by atoms with van der Waals surface area (Å²) < 4.78 is 13.0. The Bertz CT molecular complexity index is 997. The van der Waals surface area contributed by atoms with Crippen LogP contribution in [0.2, 0.25) is 5.02 Å². The first-order valence-corrected chi connectivity index (χ1v) is 7.88. The summed E-state index contributed by atoms with van der Waals surface area (Å²) in [5.74, 6) is -0.898. The molecule has 25 heavy (non-hydrogen) atoms. The van der Waals surface area contributed by atoms with E-state index in [1.54, 1.807) is 36.4 Å². The third-order valence-electron chi connectivity index (χ3n) is 3.74. The molecule has 6 heteroatoms. The number of anilines is 1. The average molecular weight is 357 g/mol. The van der Waals surface area contributed by atoms with Gasteiger partial charge in [0.1, 0.15) is 11.4 Å². The van der Waals surface area contributed by atoms with E-state index in [4.69, 9.17) is 11.6 Å². The number of nitrogens with one attached hydrogen (secondary N) is 2. The molecule has 0 saturated carbocycles. The molecule has 2 aromatic carbocycles. The molecule has 0 fully saturated rings. The quantitative estimate of drug-likeness (QED) is 0.730. The van der Waals surface area contributed by atoms with E-state index in [2.05, 4.69) is 10.3 Å². The number of pyridine rings is 1. The van der Waals surface area contributed by atoms with Gasteiger partial charge >= 0.3 is 0 Å². The number of carbonyl (C=O) groups is 1. The Hall–Kier alpha value is -2.92. The maximum absolute atomic E-state index is 13.0. The number of halogens is 2. The van der Waals surface area contributed by atoms with Crippen LogP contribution in [0.4, 0.5) is 10.1 Å². The zero-order valence-electron chi connectivity index (χ0n) is 13.3. The van der Waals surface area contributed by atoms with Crippen LogP contribution in [-0.4, -0.2) is 10.9 Å². The van der Waals surface area contributed by atoms with E-state index in [1.807, 2.05) is 6.92 Å². The smallest absolute Gasteiger partial charge is 0.261 e. The molecule has 0 spiro atoms. The Kier molecular flexibility index (Phi) is 4.67. The molecule has 4 nitrogen and oxygen atoms in total. The third-order valence-corrected chi connectivity index (χ3v) is 4.15. The molecule has 3 aromatic rings. The zero-order chi connectivity index (χ0) is 18.0. The lowest BCUT2D eigenvalue weighted by molar-refractivity contribution is 0.102. The van der Waals surface area contributed by atoms with Crippen molar-refractivity contribution >= 4 is 23.2 Å². The van der Waals surface area contributed by atoms with Crippen molar-refractivity contribution in [3.05, 3.63) is 86.9 Å². The number of aryl methyl sites for hydroxylation is 1. The largest absolute Gasteiger partial charge is 0.322 e. The van der Waals surface area contributed by atoms with Crippen molar-refractivity contribution in [2.45, 2.75) is 6.92 Å². The van der Waals surface area contributed by atoms with Gasteiger partial charge in [-0.05, 0) is 66.6 Å². The molecule has 1 aromatic heterocycles. The SMILES string of the molecule is Cc1ccc(NC(=O)c2ccc(-c3ccc(F)cc3)[nH]c2=O)cc1Cl. The summed E-state index contributed by atoms with van der Waals surface area (Å²) in [6, 6.07) is 13.8. The van der Waals surface area contributed by atoms with Crippen LogP contribution in [0.1, 0.15) is 15.9 Å². The molecular formula is C19H14ClFN2O2. The molecule has 1 heterocycles. The molecule has 126 valence electrons. The normalized spacial score (nSPS) is 10.5. The molecule has 0 aliphatic heterocycles. The first-order chi connectivity index (χ1) is 11.9. The molecule has 3 rings (SSSR count). The molecule has 0 unspecified atom stereocenters. The number of hydrogen-bond acceptors (Lipinski definition) is 2. The van der Waals surface area contributed by atoms with Crippen LogP contribution < -0.4 is 10.9 Å². The molecule has 0 saturated heterocycles. The minimum Gasteiger partial charge on any atom is -0.322 e. The van der Waals surface area contributed by atoms with Crippen molar-refractivity contribution in [2.24, 2.45) is 0 Å². The standard InChI is InChI=1S/C19H14ClFN2O2/c1-11-2-7-14(10-16(11)20)22-18(24)15-8-9-17(23-19(15)25)12-3-5-13(21)6-4-12/h2-10H,1H3,(H,22,24)(H,23,25). The predicted octanol–water partition coefficient (Wildman–Crippen LogP) is 4.40. The number of hydrogen-bond donors (Lipinski definition) is 2. The lowest BCUT2D eigenvalue weighted by atomic mass is 10.1. The first kappa shape index (κ1) is 16.9. The lowest BCUT2D eigenvalue weighted by Crippen LogP contribution is -2.23. The average Bonchev–Trinajstić information content (AvgIpc) is 2.58. The highest BCUT2D eigenvalue weighted by atomic mass is 35.5. The Morgan fingerprint density at radius 2 is 1.80 bits per heavy atom. The van der Waals surface area contributed by atoms with Gasteiger partial charge in [-0.2, -0.15) is 0 Å². The number of amides is 1. The molecule has 0 radical (unpaired) electrons. The highest BCUT2D eigenvalue weighted by molar-refractivity contribution is 6.31. The van der Waals surface area contributed by atoms with Gasteiger partial charge < -0.3 is 10.3 Å². The molecule has 0 bridgehead atoms. The topological polar surface area (TPSA) is 62.0 Å². The van der Waals surface area contributed by atoms with Crippen LogP contribution in [0.25, 0.3) is 11.3 Å².